The van der Waals surface area contributed by atoms with Gasteiger partial charge in [-0.05, 0) is 57.8 Å². The molecule has 0 spiro atoms. The average Bonchev–Trinajstić information content (AvgIpc) is 3.40. The maximum Gasteiger partial charge on any atom is 0.305 e. The Morgan fingerprint density at radius 2 is 0.635 bits per heavy atom. The lowest BCUT2D eigenvalue weighted by molar-refractivity contribution is -0.143. The van der Waals surface area contributed by atoms with Crippen LogP contribution in [0.3, 0.4) is 0 Å². The second kappa shape index (κ2) is 63.9. The van der Waals surface area contributed by atoms with E-state index in [4.69, 9.17) is 4.74 Å². The molecule has 0 aromatic heterocycles. The highest BCUT2D eigenvalue weighted by Gasteiger charge is 2.18. The number of aliphatic hydroxyl groups excluding tert-OH is 2. The van der Waals surface area contributed by atoms with Gasteiger partial charge in [-0.3, -0.25) is 9.59 Å². The third-order valence-corrected chi connectivity index (χ3v) is 15.7. The van der Waals surface area contributed by atoms with Crippen LogP contribution in [0.15, 0.2) is 24.3 Å². The van der Waals surface area contributed by atoms with Crippen LogP contribution in [0.1, 0.15) is 373 Å². The van der Waals surface area contributed by atoms with Crippen molar-refractivity contribution in [2.45, 2.75) is 386 Å². The second-order valence-electron chi connectivity index (χ2n) is 23.2. The summed E-state index contributed by atoms with van der Waals surface area (Å²) in [4.78, 5) is 24.5. The molecule has 0 aliphatic heterocycles. The van der Waals surface area contributed by atoms with Gasteiger partial charge < -0.3 is 20.3 Å². The van der Waals surface area contributed by atoms with Crippen molar-refractivity contribution < 1.29 is 24.5 Å². The molecule has 1 amide bonds. The minimum absolute atomic E-state index is 0.0184. The monoisotopic (exact) mass is 1040 g/mol. The number of aliphatic hydroxyl groups is 2. The minimum atomic E-state index is -0.840. The van der Waals surface area contributed by atoms with Crippen LogP contribution in [0.5, 0.6) is 0 Å². The quantitative estimate of drug-likeness (QED) is 0.0320. The van der Waals surface area contributed by atoms with Crippen LogP contribution in [0.4, 0.5) is 0 Å². The molecular weight excluding hydrogens is 911 g/mol. The van der Waals surface area contributed by atoms with Gasteiger partial charge in [0.1, 0.15) is 0 Å². The fourth-order valence-corrected chi connectivity index (χ4v) is 10.6. The van der Waals surface area contributed by atoms with Crippen molar-refractivity contribution in [3.63, 3.8) is 0 Å². The Balaban J connectivity index is 3.31. The summed E-state index contributed by atoms with van der Waals surface area (Å²) in [6.45, 7) is 4.91. The molecule has 0 rings (SSSR count). The Hall–Kier alpha value is -1.66. The minimum Gasteiger partial charge on any atom is -0.466 e. The van der Waals surface area contributed by atoms with E-state index in [1.165, 1.54) is 308 Å². The molecule has 0 heterocycles. The van der Waals surface area contributed by atoms with Crippen molar-refractivity contribution >= 4 is 11.9 Å². The summed E-state index contributed by atoms with van der Waals surface area (Å²) < 4.78 is 5.51. The zero-order valence-electron chi connectivity index (χ0n) is 50.1. The molecule has 0 aliphatic carbocycles. The number of amides is 1. The lowest BCUT2D eigenvalue weighted by Crippen LogP contribution is -2.45. The number of unbranched alkanes of at least 4 members (excludes halogenated alkanes) is 50. The van der Waals surface area contributed by atoms with Crippen LogP contribution in [-0.4, -0.2) is 47.4 Å². The molecule has 0 aromatic carbocycles. The second-order valence-corrected chi connectivity index (χ2v) is 23.2. The number of esters is 1. The predicted molar refractivity (Wildman–Crippen MR) is 324 cm³/mol. The molecule has 0 aliphatic rings. The normalized spacial score (nSPS) is 12.6. The Morgan fingerprint density at radius 1 is 0.365 bits per heavy atom. The van der Waals surface area contributed by atoms with Gasteiger partial charge in [0, 0.05) is 12.8 Å². The number of nitrogens with one attached hydrogen (secondary N) is 1. The van der Waals surface area contributed by atoms with Gasteiger partial charge in [0.25, 0.3) is 0 Å². The zero-order chi connectivity index (χ0) is 53.6. The topological polar surface area (TPSA) is 95.9 Å². The Morgan fingerprint density at radius 3 is 0.959 bits per heavy atom. The van der Waals surface area contributed by atoms with Crippen LogP contribution < -0.4 is 5.32 Å². The van der Waals surface area contributed by atoms with Crippen LogP contribution in [0.25, 0.3) is 0 Å². The van der Waals surface area contributed by atoms with E-state index < -0.39 is 12.1 Å². The number of allylic oxidation sites excluding steroid dienone is 3. The van der Waals surface area contributed by atoms with Gasteiger partial charge in [-0.2, -0.15) is 0 Å². The van der Waals surface area contributed by atoms with Crippen LogP contribution in [0.2, 0.25) is 0 Å². The van der Waals surface area contributed by atoms with Crippen molar-refractivity contribution in [1.82, 2.24) is 5.32 Å². The summed E-state index contributed by atoms with van der Waals surface area (Å²) in [5.41, 5.74) is 0. The number of carbonyl (C=O) groups is 2. The molecule has 6 nitrogen and oxygen atoms in total. The maximum atomic E-state index is 12.4. The molecule has 0 fully saturated rings. The Bertz CT molecular complexity index is 1150. The molecule has 6 heteroatoms. The number of rotatable bonds is 63. The highest BCUT2D eigenvalue weighted by atomic mass is 16.5. The third-order valence-electron chi connectivity index (χ3n) is 15.7. The summed E-state index contributed by atoms with van der Waals surface area (Å²) in [6.07, 6.45) is 79.7. The van der Waals surface area contributed by atoms with Crippen LogP contribution >= 0.6 is 0 Å². The van der Waals surface area contributed by atoms with Gasteiger partial charge >= 0.3 is 5.97 Å². The standard InChI is InChI=1S/C68H131NO5/c1-3-5-7-9-11-13-15-16-17-18-29-33-36-39-42-46-50-54-58-62-68(73)74-63-59-55-51-47-43-40-37-34-31-28-26-24-22-20-19-21-23-25-27-30-32-35-38-41-45-49-53-57-61-67(72)69-65(64-70)66(71)60-56-52-48-44-14-12-10-8-6-4-2/h16-17,56,60,65-66,70-71H,3-15,18-55,57-59,61-64H2,1-2H3,(H,69,72)/b17-16-,60-56+. The van der Waals surface area contributed by atoms with Gasteiger partial charge in [-0.1, -0.05) is 327 Å². The summed E-state index contributed by atoms with van der Waals surface area (Å²) in [7, 11) is 0. The Kier molecular flexibility index (Phi) is 62.4. The van der Waals surface area contributed by atoms with Crippen LogP contribution in [-0.2, 0) is 14.3 Å². The van der Waals surface area contributed by atoms with Gasteiger partial charge in [0.05, 0.1) is 25.4 Å². The van der Waals surface area contributed by atoms with E-state index in [1.807, 2.05) is 6.08 Å². The fourth-order valence-electron chi connectivity index (χ4n) is 10.6. The SMILES string of the molecule is CCCCCCCC/C=C\CCCCCCCCCCCC(=O)OCCCCCCCCCCCCCCCCCCCCCCCCCCCCCCC(=O)NC(CO)C(O)/C=C/CCCCCCCCCC. The first-order chi connectivity index (χ1) is 36.5. The lowest BCUT2D eigenvalue weighted by Gasteiger charge is -2.20. The predicted octanol–water partition coefficient (Wildman–Crippen LogP) is 21.4. The van der Waals surface area contributed by atoms with Crippen molar-refractivity contribution in [2.24, 2.45) is 0 Å². The largest absolute Gasteiger partial charge is 0.466 e. The summed E-state index contributed by atoms with van der Waals surface area (Å²) in [5, 5.41) is 23.0. The van der Waals surface area contributed by atoms with E-state index in [2.05, 4.69) is 31.3 Å². The molecule has 0 bridgehead atoms. The Labute approximate surface area is 462 Å². The molecule has 0 saturated carbocycles. The molecule has 0 radical (unpaired) electrons. The molecule has 438 valence electrons. The smallest absolute Gasteiger partial charge is 0.305 e. The van der Waals surface area contributed by atoms with Crippen molar-refractivity contribution in [3.8, 4) is 0 Å². The number of hydrogen-bond acceptors (Lipinski definition) is 5. The van der Waals surface area contributed by atoms with E-state index in [9.17, 15) is 19.8 Å². The molecular formula is C68H131NO5. The van der Waals surface area contributed by atoms with Crippen LogP contribution in [0, 0.1) is 0 Å². The van der Waals surface area contributed by atoms with Gasteiger partial charge in [0.15, 0.2) is 0 Å². The third kappa shape index (κ3) is 59.6. The van der Waals surface area contributed by atoms with E-state index in [0.29, 0.717) is 19.4 Å². The van der Waals surface area contributed by atoms with Crippen molar-refractivity contribution in [3.05, 3.63) is 24.3 Å². The first-order valence-corrected chi connectivity index (χ1v) is 33.6. The zero-order valence-corrected chi connectivity index (χ0v) is 50.1. The molecule has 2 unspecified atom stereocenters. The number of hydrogen-bond donors (Lipinski definition) is 3. The van der Waals surface area contributed by atoms with E-state index >= 15 is 0 Å². The van der Waals surface area contributed by atoms with E-state index in [1.54, 1.807) is 6.08 Å². The summed E-state index contributed by atoms with van der Waals surface area (Å²) >= 11 is 0. The first kappa shape index (κ1) is 72.3. The summed E-state index contributed by atoms with van der Waals surface area (Å²) in [5.74, 6) is -0.0469. The molecule has 3 N–H and O–H groups in total. The fraction of sp³-hybridized carbons (Fsp3) is 0.912. The van der Waals surface area contributed by atoms with Crippen molar-refractivity contribution in [2.75, 3.05) is 13.2 Å². The number of carbonyl (C=O) groups excluding carboxylic acids is 2. The van der Waals surface area contributed by atoms with E-state index in [0.717, 1.165) is 38.5 Å². The molecule has 0 saturated heterocycles. The van der Waals surface area contributed by atoms with Gasteiger partial charge in [-0.15, -0.1) is 0 Å². The number of ether oxygens (including phenoxy) is 1. The summed E-state index contributed by atoms with van der Waals surface area (Å²) in [6, 6.07) is -0.623. The van der Waals surface area contributed by atoms with Gasteiger partial charge in [-0.25, -0.2) is 0 Å². The maximum absolute atomic E-state index is 12.4. The van der Waals surface area contributed by atoms with Gasteiger partial charge in [0.2, 0.25) is 5.91 Å². The lowest BCUT2D eigenvalue weighted by atomic mass is 10.0. The highest BCUT2D eigenvalue weighted by molar-refractivity contribution is 5.76. The molecule has 0 aromatic rings. The van der Waals surface area contributed by atoms with Crippen molar-refractivity contribution in [1.29, 1.82) is 0 Å². The average molecular weight is 1040 g/mol. The molecule has 74 heavy (non-hydrogen) atoms. The highest BCUT2D eigenvalue weighted by Crippen LogP contribution is 2.18. The van der Waals surface area contributed by atoms with E-state index in [-0.39, 0.29) is 18.5 Å². The first-order valence-electron chi connectivity index (χ1n) is 33.6. The molecule has 2 atom stereocenters.